The highest BCUT2D eigenvalue weighted by Crippen LogP contribution is 2.04. The first-order valence-corrected chi connectivity index (χ1v) is 7.20. The Kier molecular flexibility index (Phi) is 6.32. The van der Waals surface area contributed by atoms with Crippen LogP contribution in [-0.2, 0) is 13.0 Å². The van der Waals surface area contributed by atoms with Gasteiger partial charge in [0, 0.05) is 37.2 Å². The van der Waals surface area contributed by atoms with Crippen LogP contribution in [0.15, 0.2) is 48.8 Å². The number of aromatic nitrogens is 2. The molecule has 3 N–H and O–H groups in total. The fourth-order valence-corrected chi connectivity index (χ4v) is 1.99. The molecule has 6 nitrogen and oxygen atoms in total. The third kappa shape index (κ3) is 5.49. The van der Waals surface area contributed by atoms with Gasteiger partial charge in [-0.25, -0.2) is 4.79 Å². The van der Waals surface area contributed by atoms with Gasteiger partial charge >= 0.3 is 6.03 Å². The number of pyridine rings is 2. The first-order chi connectivity index (χ1) is 10.8. The summed E-state index contributed by atoms with van der Waals surface area (Å²) in [6.45, 7) is 0.759. The van der Waals surface area contributed by atoms with E-state index in [0.29, 0.717) is 19.5 Å². The van der Waals surface area contributed by atoms with Crippen LogP contribution in [0, 0.1) is 5.92 Å². The van der Waals surface area contributed by atoms with E-state index in [0.717, 1.165) is 11.4 Å². The van der Waals surface area contributed by atoms with E-state index in [1.807, 2.05) is 36.4 Å². The predicted molar refractivity (Wildman–Crippen MR) is 83.0 cm³/mol. The van der Waals surface area contributed by atoms with Crippen molar-refractivity contribution in [3.8, 4) is 0 Å². The number of rotatable bonds is 7. The van der Waals surface area contributed by atoms with Gasteiger partial charge in [-0.3, -0.25) is 9.97 Å². The molecule has 0 saturated heterocycles. The fourth-order valence-electron chi connectivity index (χ4n) is 1.99. The maximum absolute atomic E-state index is 11.7. The molecular formula is C16H20N4O2. The van der Waals surface area contributed by atoms with Gasteiger partial charge in [-0.15, -0.1) is 0 Å². The van der Waals surface area contributed by atoms with E-state index in [4.69, 9.17) is 0 Å². The summed E-state index contributed by atoms with van der Waals surface area (Å²) in [7, 11) is 0. The standard InChI is InChI=1S/C16H20N4O2/c21-12-13(9-14-5-1-3-7-17-14)10-19-16(22)20-11-15-6-2-4-8-18-15/h1-8,13,21H,9-12H2,(H2,19,20,22). The molecule has 1 atom stereocenters. The van der Waals surface area contributed by atoms with Crippen molar-refractivity contribution in [1.29, 1.82) is 0 Å². The Labute approximate surface area is 129 Å². The molecule has 1 unspecified atom stereocenters. The Morgan fingerprint density at radius 2 is 1.73 bits per heavy atom. The molecule has 22 heavy (non-hydrogen) atoms. The Morgan fingerprint density at radius 1 is 1.05 bits per heavy atom. The molecule has 2 amide bonds. The van der Waals surface area contributed by atoms with Crippen LogP contribution in [0.25, 0.3) is 0 Å². The van der Waals surface area contributed by atoms with Gasteiger partial charge in [0.05, 0.1) is 12.2 Å². The predicted octanol–water partition coefficient (Wildman–Crippen LogP) is 1.13. The summed E-state index contributed by atoms with van der Waals surface area (Å²) in [6, 6.07) is 10.9. The molecular weight excluding hydrogens is 280 g/mol. The van der Waals surface area contributed by atoms with Crippen molar-refractivity contribution in [2.45, 2.75) is 13.0 Å². The van der Waals surface area contributed by atoms with Crippen LogP contribution in [0.2, 0.25) is 0 Å². The van der Waals surface area contributed by atoms with E-state index in [-0.39, 0.29) is 18.6 Å². The Bertz CT molecular complexity index is 563. The van der Waals surface area contributed by atoms with Crippen LogP contribution in [0.4, 0.5) is 4.79 Å². The van der Waals surface area contributed by atoms with E-state index < -0.39 is 0 Å². The highest BCUT2D eigenvalue weighted by Gasteiger charge is 2.11. The highest BCUT2D eigenvalue weighted by atomic mass is 16.3. The Hall–Kier alpha value is -2.47. The maximum atomic E-state index is 11.7. The zero-order valence-electron chi connectivity index (χ0n) is 12.3. The lowest BCUT2D eigenvalue weighted by Crippen LogP contribution is -2.39. The van der Waals surface area contributed by atoms with E-state index >= 15 is 0 Å². The van der Waals surface area contributed by atoms with Crippen molar-refractivity contribution >= 4 is 6.03 Å². The summed E-state index contributed by atoms with van der Waals surface area (Å²) >= 11 is 0. The molecule has 2 rings (SSSR count). The number of aliphatic hydroxyl groups excluding tert-OH is 1. The molecule has 2 heterocycles. The SMILES string of the molecule is O=C(NCc1ccccn1)NCC(CO)Cc1ccccn1. The number of aliphatic hydroxyl groups is 1. The molecule has 2 aromatic heterocycles. The van der Waals surface area contributed by atoms with Crippen LogP contribution in [0.1, 0.15) is 11.4 Å². The molecule has 2 aromatic rings. The van der Waals surface area contributed by atoms with Crippen LogP contribution in [0.5, 0.6) is 0 Å². The van der Waals surface area contributed by atoms with Crippen molar-refractivity contribution in [1.82, 2.24) is 20.6 Å². The molecule has 0 aliphatic heterocycles. The van der Waals surface area contributed by atoms with E-state index in [1.165, 1.54) is 0 Å². The minimum absolute atomic E-state index is 0.00288. The highest BCUT2D eigenvalue weighted by molar-refractivity contribution is 5.73. The van der Waals surface area contributed by atoms with Crippen molar-refractivity contribution in [2.24, 2.45) is 5.92 Å². The second-order valence-corrected chi connectivity index (χ2v) is 4.96. The first-order valence-electron chi connectivity index (χ1n) is 7.20. The van der Waals surface area contributed by atoms with Crippen LogP contribution in [0.3, 0.4) is 0 Å². The quantitative estimate of drug-likeness (QED) is 0.715. The zero-order valence-corrected chi connectivity index (χ0v) is 12.3. The lowest BCUT2D eigenvalue weighted by Gasteiger charge is -2.15. The average molecular weight is 300 g/mol. The van der Waals surface area contributed by atoms with E-state index in [2.05, 4.69) is 20.6 Å². The molecule has 0 aliphatic carbocycles. The minimum Gasteiger partial charge on any atom is -0.396 e. The van der Waals surface area contributed by atoms with Crippen LogP contribution >= 0.6 is 0 Å². The summed E-state index contributed by atoms with van der Waals surface area (Å²) in [5, 5.41) is 14.9. The van der Waals surface area contributed by atoms with Gasteiger partial charge in [0.2, 0.25) is 0 Å². The maximum Gasteiger partial charge on any atom is 0.315 e. The zero-order chi connectivity index (χ0) is 15.6. The summed E-state index contributed by atoms with van der Waals surface area (Å²) in [6.07, 6.45) is 4.03. The van der Waals surface area contributed by atoms with Gasteiger partial charge in [-0.05, 0) is 30.7 Å². The number of hydrogen-bond acceptors (Lipinski definition) is 4. The molecule has 0 saturated carbocycles. The monoisotopic (exact) mass is 300 g/mol. The summed E-state index contributed by atoms with van der Waals surface area (Å²) in [4.78, 5) is 20.1. The molecule has 0 aliphatic rings. The topological polar surface area (TPSA) is 87.1 Å². The van der Waals surface area contributed by atoms with Crippen molar-refractivity contribution in [3.63, 3.8) is 0 Å². The number of amides is 2. The third-order valence-electron chi connectivity index (χ3n) is 3.19. The smallest absolute Gasteiger partial charge is 0.315 e. The second kappa shape index (κ2) is 8.74. The summed E-state index contributed by atoms with van der Waals surface area (Å²) in [5.41, 5.74) is 1.70. The number of carbonyl (C=O) groups is 1. The number of hydrogen-bond donors (Lipinski definition) is 3. The van der Waals surface area contributed by atoms with Crippen LogP contribution in [-0.4, -0.2) is 34.3 Å². The van der Waals surface area contributed by atoms with Gasteiger partial charge in [0.1, 0.15) is 0 Å². The molecule has 0 fully saturated rings. The fraction of sp³-hybridized carbons (Fsp3) is 0.312. The minimum atomic E-state index is -0.273. The normalized spacial score (nSPS) is 11.7. The average Bonchev–Trinajstić information content (AvgIpc) is 2.58. The number of nitrogens with zero attached hydrogens (tertiary/aromatic N) is 2. The Balaban J connectivity index is 1.72. The lowest BCUT2D eigenvalue weighted by atomic mass is 10.0. The van der Waals surface area contributed by atoms with Gasteiger partial charge in [0.25, 0.3) is 0 Å². The Morgan fingerprint density at radius 3 is 2.32 bits per heavy atom. The molecule has 6 heteroatoms. The number of carbonyl (C=O) groups excluding carboxylic acids is 1. The first kappa shape index (κ1) is 15.9. The molecule has 0 spiro atoms. The molecule has 0 bridgehead atoms. The van der Waals surface area contributed by atoms with Gasteiger partial charge < -0.3 is 15.7 Å². The van der Waals surface area contributed by atoms with Gasteiger partial charge in [-0.1, -0.05) is 12.1 Å². The van der Waals surface area contributed by atoms with Crippen molar-refractivity contribution < 1.29 is 9.90 Å². The van der Waals surface area contributed by atoms with Crippen molar-refractivity contribution in [3.05, 3.63) is 60.2 Å². The largest absolute Gasteiger partial charge is 0.396 e. The lowest BCUT2D eigenvalue weighted by molar-refractivity contribution is 0.213. The van der Waals surface area contributed by atoms with E-state index in [1.54, 1.807) is 12.4 Å². The van der Waals surface area contributed by atoms with Gasteiger partial charge in [-0.2, -0.15) is 0 Å². The number of nitrogens with one attached hydrogen (secondary N) is 2. The molecule has 116 valence electrons. The number of urea groups is 1. The van der Waals surface area contributed by atoms with Gasteiger partial charge in [0.15, 0.2) is 0 Å². The third-order valence-corrected chi connectivity index (χ3v) is 3.19. The van der Waals surface area contributed by atoms with Crippen molar-refractivity contribution in [2.75, 3.05) is 13.2 Å². The summed E-state index contributed by atoms with van der Waals surface area (Å²) in [5.74, 6) is -0.0597. The molecule has 0 aromatic carbocycles. The van der Waals surface area contributed by atoms with Crippen LogP contribution < -0.4 is 10.6 Å². The second-order valence-electron chi connectivity index (χ2n) is 4.96. The summed E-state index contributed by atoms with van der Waals surface area (Å²) < 4.78 is 0. The van der Waals surface area contributed by atoms with E-state index in [9.17, 15) is 9.90 Å². The molecule has 0 radical (unpaired) electrons.